The topological polar surface area (TPSA) is 53.4 Å². The molecule has 1 N–H and O–H groups in total. The van der Waals surface area contributed by atoms with Crippen LogP contribution in [-0.4, -0.2) is 40.6 Å². The van der Waals surface area contributed by atoms with Crippen LogP contribution in [0.3, 0.4) is 0 Å². The second-order valence-electron chi connectivity index (χ2n) is 6.27. The van der Waals surface area contributed by atoms with Gasteiger partial charge in [0.15, 0.2) is 0 Å². The number of nitrogens with zero attached hydrogens (tertiary/aromatic N) is 2. The van der Waals surface area contributed by atoms with Gasteiger partial charge in [0.25, 0.3) is 0 Å². The molecule has 0 spiro atoms. The van der Waals surface area contributed by atoms with Crippen LogP contribution < -0.4 is 0 Å². The third kappa shape index (κ3) is 2.85. The van der Waals surface area contributed by atoms with E-state index >= 15 is 0 Å². The van der Waals surface area contributed by atoms with Gasteiger partial charge in [-0.15, -0.1) is 0 Å². The van der Waals surface area contributed by atoms with Gasteiger partial charge in [0.1, 0.15) is 0 Å². The summed E-state index contributed by atoms with van der Waals surface area (Å²) in [6.07, 6.45) is 8.91. The van der Waals surface area contributed by atoms with E-state index in [0.29, 0.717) is 5.92 Å². The zero-order valence-electron chi connectivity index (χ0n) is 11.8. The predicted octanol–water partition coefficient (Wildman–Crippen LogP) is 2.52. The summed E-state index contributed by atoms with van der Waals surface area (Å²) in [5.74, 6) is -0.00425. The number of pyridine rings is 1. The van der Waals surface area contributed by atoms with Crippen molar-refractivity contribution in [2.24, 2.45) is 5.41 Å². The quantitative estimate of drug-likeness (QED) is 0.916. The minimum absolute atomic E-state index is 0.420. The molecule has 1 saturated carbocycles. The van der Waals surface area contributed by atoms with Gasteiger partial charge in [-0.25, -0.2) is 0 Å². The number of rotatable bonds is 4. The number of hydrogen-bond donors (Lipinski definition) is 1. The Balaban J connectivity index is 1.59. The summed E-state index contributed by atoms with van der Waals surface area (Å²) in [5, 5.41) is 9.30. The molecular formula is C16H22N2O2. The lowest BCUT2D eigenvalue weighted by Gasteiger charge is -2.23. The SMILES string of the molecule is O=C(O)C1(CN2CCCC(c3ccncc3)CC2)CC1. The van der Waals surface area contributed by atoms with Crippen molar-refractivity contribution in [1.82, 2.24) is 9.88 Å². The third-order valence-electron chi connectivity index (χ3n) is 4.83. The fraction of sp³-hybridized carbons (Fsp3) is 0.625. The Morgan fingerprint density at radius 2 is 2.05 bits per heavy atom. The largest absolute Gasteiger partial charge is 0.481 e. The number of aromatic nitrogens is 1. The van der Waals surface area contributed by atoms with E-state index in [0.717, 1.165) is 45.3 Å². The van der Waals surface area contributed by atoms with Crippen LogP contribution in [0.5, 0.6) is 0 Å². The summed E-state index contributed by atoms with van der Waals surface area (Å²) in [5.41, 5.74) is 0.956. The zero-order chi connectivity index (χ0) is 14.0. The van der Waals surface area contributed by atoms with Gasteiger partial charge in [-0.1, -0.05) is 0 Å². The Kier molecular flexibility index (Phi) is 3.74. The van der Waals surface area contributed by atoms with E-state index in [9.17, 15) is 9.90 Å². The van der Waals surface area contributed by atoms with Crippen LogP contribution in [0.2, 0.25) is 0 Å². The van der Waals surface area contributed by atoms with E-state index in [2.05, 4.69) is 22.0 Å². The number of carbonyl (C=O) groups is 1. The summed E-state index contributed by atoms with van der Waals surface area (Å²) in [6, 6.07) is 4.22. The van der Waals surface area contributed by atoms with Crippen molar-refractivity contribution in [1.29, 1.82) is 0 Å². The Morgan fingerprint density at radius 3 is 2.70 bits per heavy atom. The number of aliphatic carboxylic acids is 1. The Bertz CT molecular complexity index is 471. The van der Waals surface area contributed by atoms with Gasteiger partial charge >= 0.3 is 5.97 Å². The van der Waals surface area contributed by atoms with E-state index in [-0.39, 0.29) is 0 Å². The maximum atomic E-state index is 11.3. The number of likely N-dealkylation sites (tertiary alicyclic amines) is 1. The molecule has 4 heteroatoms. The molecule has 2 aliphatic rings. The van der Waals surface area contributed by atoms with Gasteiger partial charge in [-0.05, 0) is 68.8 Å². The fourth-order valence-electron chi connectivity index (χ4n) is 3.30. The second kappa shape index (κ2) is 5.52. The number of carboxylic acids is 1. The highest BCUT2D eigenvalue weighted by atomic mass is 16.4. The van der Waals surface area contributed by atoms with Crippen LogP contribution in [-0.2, 0) is 4.79 Å². The average Bonchev–Trinajstić information content (AvgIpc) is 3.26. The predicted molar refractivity (Wildman–Crippen MR) is 76.6 cm³/mol. The molecule has 1 saturated heterocycles. The standard InChI is InChI=1S/C16H22N2O2/c19-15(20)16(6-7-16)12-18-10-1-2-13(5-11-18)14-3-8-17-9-4-14/h3-4,8-9,13H,1-2,5-7,10-12H2,(H,19,20). The molecule has 0 aromatic carbocycles. The molecule has 1 aliphatic carbocycles. The highest BCUT2D eigenvalue weighted by Crippen LogP contribution is 2.46. The molecule has 1 atom stereocenters. The number of carboxylic acid groups (broad SMARTS) is 1. The first-order valence-electron chi connectivity index (χ1n) is 7.55. The van der Waals surface area contributed by atoms with Crippen LogP contribution in [0.1, 0.15) is 43.6 Å². The summed E-state index contributed by atoms with van der Waals surface area (Å²) in [4.78, 5) is 17.7. The lowest BCUT2D eigenvalue weighted by Crippen LogP contribution is -2.35. The first kappa shape index (κ1) is 13.6. The first-order chi connectivity index (χ1) is 9.70. The summed E-state index contributed by atoms with van der Waals surface area (Å²) in [7, 11) is 0. The minimum atomic E-state index is -0.604. The molecule has 1 unspecified atom stereocenters. The molecule has 0 bridgehead atoms. The van der Waals surface area contributed by atoms with Gasteiger partial charge in [0, 0.05) is 18.9 Å². The van der Waals surface area contributed by atoms with Crippen molar-refractivity contribution in [2.75, 3.05) is 19.6 Å². The highest BCUT2D eigenvalue weighted by Gasteiger charge is 2.51. The molecule has 108 valence electrons. The fourth-order valence-corrected chi connectivity index (χ4v) is 3.30. The molecule has 3 rings (SSSR count). The average molecular weight is 274 g/mol. The minimum Gasteiger partial charge on any atom is -0.481 e. The lowest BCUT2D eigenvalue weighted by atomic mass is 9.93. The van der Waals surface area contributed by atoms with E-state index in [1.54, 1.807) is 0 Å². The maximum Gasteiger partial charge on any atom is 0.310 e. The molecule has 4 nitrogen and oxygen atoms in total. The van der Waals surface area contributed by atoms with Crippen LogP contribution in [0, 0.1) is 5.41 Å². The molecule has 1 aliphatic heterocycles. The molecular weight excluding hydrogens is 252 g/mol. The molecule has 2 heterocycles. The van der Waals surface area contributed by atoms with E-state index in [1.165, 1.54) is 12.0 Å². The maximum absolute atomic E-state index is 11.3. The Morgan fingerprint density at radius 1 is 1.30 bits per heavy atom. The van der Waals surface area contributed by atoms with Gasteiger partial charge in [0.05, 0.1) is 5.41 Å². The molecule has 2 fully saturated rings. The normalized spacial score (nSPS) is 25.9. The van der Waals surface area contributed by atoms with E-state index < -0.39 is 11.4 Å². The van der Waals surface area contributed by atoms with Crippen molar-refractivity contribution < 1.29 is 9.90 Å². The van der Waals surface area contributed by atoms with Crippen molar-refractivity contribution in [3.05, 3.63) is 30.1 Å². The molecule has 0 radical (unpaired) electrons. The zero-order valence-corrected chi connectivity index (χ0v) is 11.8. The van der Waals surface area contributed by atoms with E-state index in [4.69, 9.17) is 0 Å². The summed E-state index contributed by atoms with van der Waals surface area (Å²) >= 11 is 0. The molecule has 0 amide bonds. The van der Waals surface area contributed by atoms with Crippen LogP contribution >= 0.6 is 0 Å². The third-order valence-corrected chi connectivity index (χ3v) is 4.83. The van der Waals surface area contributed by atoms with Crippen LogP contribution in [0.25, 0.3) is 0 Å². The summed E-state index contributed by atoms with van der Waals surface area (Å²) < 4.78 is 0. The van der Waals surface area contributed by atoms with Crippen molar-refractivity contribution in [2.45, 2.75) is 38.0 Å². The number of hydrogen-bond acceptors (Lipinski definition) is 3. The molecule has 1 aromatic rings. The summed E-state index contributed by atoms with van der Waals surface area (Å²) in [6.45, 7) is 2.80. The van der Waals surface area contributed by atoms with Crippen molar-refractivity contribution >= 4 is 5.97 Å². The van der Waals surface area contributed by atoms with Gasteiger partial charge in [-0.3, -0.25) is 9.78 Å². The van der Waals surface area contributed by atoms with Crippen molar-refractivity contribution in [3.63, 3.8) is 0 Å². The van der Waals surface area contributed by atoms with Gasteiger partial charge in [0.2, 0.25) is 0 Å². The lowest BCUT2D eigenvalue weighted by molar-refractivity contribution is -0.144. The van der Waals surface area contributed by atoms with Crippen molar-refractivity contribution in [3.8, 4) is 0 Å². The van der Waals surface area contributed by atoms with Crippen LogP contribution in [0.4, 0.5) is 0 Å². The van der Waals surface area contributed by atoms with Crippen LogP contribution in [0.15, 0.2) is 24.5 Å². The first-order valence-corrected chi connectivity index (χ1v) is 7.55. The van der Waals surface area contributed by atoms with Gasteiger partial charge in [-0.2, -0.15) is 0 Å². The van der Waals surface area contributed by atoms with Gasteiger partial charge < -0.3 is 10.0 Å². The highest BCUT2D eigenvalue weighted by molar-refractivity contribution is 5.78. The molecule has 20 heavy (non-hydrogen) atoms. The van der Waals surface area contributed by atoms with E-state index in [1.807, 2.05) is 12.4 Å². The second-order valence-corrected chi connectivity index (χ2v) is 6.27. The Labute approximate surface area is 119 Å². The monoisotopic (exact) mass is 274 g/mol. The molecule has 1 aromatic heterocycles. The smallest absolute Gasteiger partial charge is 0.310 e. The Hall–Kier alpha value is -1.42.